The molecule has 5 nitrogen and oxygen atoms in total. The summed E-state index contributed by atoms with van der Waals surface area (Å²) in [6, 6.07) is 99.1. The van der Waals surface area contributed by atoms with Gasteiger partial charge in [-0.25, -0.2) is 0 Å². The number of benzene rings is 13. The largest absolute Gasteiger partial charge is 0.458 e. The summed E-state index contributed by atoms with van der Waals surface area (Å²) < 4.78 is 19.3. The van der Waals surface area contributed by atoms with E-state index in [1.54, 1.807) is 0 Å². The predicted molar refractivity (Wildman–Crippen MR) is 434 cm³/mol. The van der Waals surface area contributed by atoms with Gasteiger partial charge in [0.25, 0.3) is 6.71 Å². The first-order valence-corrected chi connectivity index (χ1v) is 37.0. The van der Waals surface area contributed by atoms with E-state index in [2.05, 4.69) is 358 Å². The standard InChI is InChI=1S/C94H79B2N3O2S/c1-91(2,3)61-32-41-77-68(50-61)69-51-62(92(4,5)6)33-42-78(69)97(77)65-36-38-72-81(54-65)99(76-40-31-58(56-23-15-13-16-24-56)45-67(76)57-25-17-14-18-26-57)82-46-59(60-47-85-90-86(48-60)101-84-30-22-20-28-74(84)96(90)73-27-19-21-29-83(73)100-85)49-88-89(82)95(72)75-39-37-66(55-87(75)102-88)98-79-43-34-63(93(7,8)9)52-70(79)71-53-64(94(10,11)12)35-44-80(71)98/h13-55H,1-12H3. The van der Waals surface area contributed by atoms with Crippen molar-refractivity contribution in [3.63, 3.8) is 0 Å². The van der Waals surface area contributed by atoms with Gasteiger partial charge in [-0.3, -0.25) is 0 Å². The van der Waals surface area contributed by atoms with Crippen LogP contribution in [-0.4, -0.2) is 22.6 Å². The van der Waals surface area contributed by atoms with Crippen LogP contribution in [0.25, 0.3) is 88.4 Å². The lowest BCUT2D eigenvalue weighted by Crippen LogP contribution is -2.59. The van der Waals surface area contributed by atoms with E-state index < -0.39 is 0 Å². The average molecular weight is 1340 g/mol. The summed E-state index contributed by atoms with van der Waals surface area (Å²) in [5.41, 5.74) is 29.4. The van der Waals surface area contributed by atoms with Gasteiger partial charge in [-0.2, -0.15) is 0 Å². The minimum atomic E-state index is -0.146. The monoisotopic (exact) mass is 1340 g/mol. The van der Waals surface area contributed by atoms with Crippen LogP contribution in [0.5, 0.6) is 23.0 Å². The Hall–Kier alpha value is -10.7. The molecule has 0 saturated carbocycles. The molecule has 102 heavy (non-hydrogen) atoms. The molecule has 6 heterocycles. The number of hydrogen-bond donors (Lipinski definition) is 0. The molecule has 0 spiro atoms. The van der Waals surface area contributed by atoms with Gasteiger partial charge in [0.1, 0.15) is 23.0 Å². The summed E-state index contributed by atoms with van der Waals surface area (Å²) in [5.74, 6) is 3.36. The van der Waals surface area contributed by atoms with Crippen LogP contribution in [-0.2, 0) is 21.7 Å². The third-order valence-electron chi connectivity index (χ3n) is 22.3. The van der Waals surface area contributed by atoms with Crippen molar-refractivity contribution < 1.29 is 9.47 Å². The van der Waals surface area contributed by atoms with Gasteiger partial charge in [0, 0.05) is 65.1 Å². The number of ether oxygens (including phenoxy) is 2. The summed E-state index contributed by atoms with van der Waals surface area (Å²) in [5, 5.41) is 5.08. The van der Waals surface area contributed by atoms with Crippen molar-refractivity contribution >= 4 is 119 Å². The van der Waals surface area contributed by atoms with E-state index in [-0.39, 0.29) is 35.1 Å². The van der Waals surface area contributed by atoms with E-state index in [4.69, 9.17) is 9.47 Å². The topological polar surface area (TPSA) is 31.6 Å². The Morgan fingerprint density at radius 2 is 0.725 bits per heavy atom. The van der Waals surface area contributed by atoms with Gasteiger partial charge in [0.2, 0.25) is 6.71 Å². The second-order valence-corrected chi connectivity index (χ2v) is 34.0. The normalized spacial score (nSPS) is 13.7. The zero-order valence-corrected chi connectivity index (χ0v) is 60.9. The minimum Gasteiger partial charge on any atom is -0.458 e. The van der Waals surface area contributed by atoms with Crippen molar-refractivity contribution in [1.82, 2.24) is 9.13 Å². The highest BCUT2D eigenvalue weighted by molar-refractivity contribution is 8.00. The first kappa shape index (κ1) is 62.4. The summed E-state index contributed by atoms with van der Waals surface area (Å²) in [6.07, 6.45) is 0. The van der Waals surface area contributed by atoms with Crippen molar-refractivity contribution in [3.8, 4) is 67.8 Å². The first-order chi connectivity index (χ1) is 49.1. The molecule has 0 aliphatic carbocycles. The van der Waals surface area contributed by atoms with Crippen LogP contribution in [0.4, 0.5) is 17.1 Å². The van der Waals surface area contributed by atoms with E-state index >= 15 is 0 Å². The molecular formula is C94H79B2N3O2S. The number of para-hydroxylation sites is 2. The van der Waals surface area contributed by atoms with E-state index in [0.717, 1.165) is 95.6 Å². The maximum absolute atomic E-state index is 7.11. The highest BCUT2D eigenvalue weighted by Gasteiger charge is 2.44. The quantitative estimate of drug-likeness (QED) is 0.155. The summed E-state index contributed by atoms with van der Waals surface area (Å²) in [7, 11) is 0. The average Bonchev–Trinajstić information content (AvgIpc) is 0.722. The van der Waals surface area contributed by atoms with Gasteiger partial charge >= 0.3 is 0 Å². The van der Waals surface area contributed by atoms with E-state index in [9.17, 15) is 0 Å². The van der Waals surface area contributed by atoms with Gasteiger partial charge in [-0.05, 0) is 215 Å². The Kier molecular flexibility index (Phi) is 13.7. The van der Waals surface area contributed by atoms with Crippen molar-refractivity contribution in [1.29, 1.82) is 0 Å². The Balaban J connectivity index is 0.895. The highest BCUT2D eigenvalue weighted by Crippen LogP contribution is 2.51. The molecule has 0 N–H and O–H groups in total. The lowest BCUT2D eigenvalue weighted by molar-refractivity contribution is 0.465. The van der Waals surface area contributed by atoms with Crippen molar-refractivity contribution in [3.05, 3.63) is 283 Å². The molecule has 0 atom stereocenters. The molecule has 0 fully saturated rings. The third kappa shape index (κ3) is 9.83. The minimum absolute atomic E-state index is 0.0234. The summed E-state index contributed by atoms with van der Waals surface area (Å²) in [6.45, 7) is 27.7. The molecule has 0 saturated heterocycles. The van der Waals surface area contributed by atoms with Gasteiger partial charge in [0.15, 0.2) is 0 Å². The molecule has 0 unspecified atom stereocenters. The molecule has 15 aromatic rings. The lowest BCUT2D eigenvalue weighted by atomic mass is 9.34. The van der Waals surface area contributed by atoms with Gasteiger partial charge in [-0.1, -0.05) is 240 Å². The molecule has 4 aliphatic rings. The highest BCUT2D eigenvalue weighted by atomic mass is 32.2. The van der Waals surface area contributed by atoms with Crippen molar-refractivity contribution in [2.24, 2.45) is 0 Å². The Bertz CT molecular complexity index is 5840. The zero-order chi connectivity index (χ0) is 69.6. The number of fused-ring (bicyclic) bond motifs is 14. The Labute approximate surface area is 603 Å². The van der Waals surface area contributed by atoms with Gasteiger partial charge in [-0.15, -0.1) is 0 Å². The van der Waals surface area contributed by atoms with Crippen LogP contribution in [0, 0.1) is 0 Å². The van der Waals surface area contributed by atoms with Crippen LogP contribution in [0.3, 0.4) is 0 Å². The Morgan fingerprint density at radius 1 is 0.284 bits per heavy atom. The molecular weight excluding hydrogens is 1260 g/mol. The van der Waals surface area contributed by atoms with E-state index in [1.165, 1.54) is 97.6 Å². The van der Waals surface area contributed by atoms with Gasteiger partial charge in [0.05, 0.1) is 27.8 Å². The zero-order valence-electron chi connectivity index (χ0n) is 60.0. The number of hydrogen-bond acceptors (Lipinski definition) is 4. The number of nitrogens with zero attached hydrogens (tertiary/aromatic N) is 3. The fraction of sp³-hybridized carbons (Fsp3) is 0.170. The van der Waals surface area contributed by atoms with Crippen LogP contribution in [0.15, 0.2) is 271 Å². The number of rotatable bonds is 6. The smallest absolute Gasteiger partial charge is 0.260 e. The van der Waals surface area contributed by atoms with Crippen molar-refractivity contribution in [2.75, 3.05) is 4.90 Å². The van der Waals surface area contributed by atoms with Crippen LogP contribution in [0.2, 0.25) is 0 Å². The molecule has 4 aliphatic heterocycles. The summed E-state index contributed by atoms with van der Waals surface area (Å²) in [4.78, 5) is 5.07. The fourth-order valence-electron chi connectivity index (χ4n) is 16.8. The Morgan fingerprint density at radius 3 is 1.23 bits per heavy atom. The van der Waals surface area contributed by atoms with Crippen LogP contribution in [0.1, 0.15) is 105 Å². The fourth-order valence-corrected chi connectivity index (χ4v) is 18.1. The van der Waals surface area contributed by atoms with E-state index in [0.29, 0.717) is 0 Å². The molecule has 19 rings (SSSR count). The summed E-state index contributed by atoms with van der Waals surface area (Å²) >= 11 is 1.90. The van der Waals surface area contributed by atoms with Crippen LogP contribution < -0.4 is 47.2 Å². The maximum Gasteiger partial charge on any atom is 0.260 e. The first-order valence-electron chi connectivity index (χ1n) is 36.2. The molecule has 8 heteroatoms. The maximum atomic E-state index is 7.11. The third-order valence-corrected chi connectivity index (χ3v) is 23.4. The van der Waals surface area contributed by atoms with Gasteiger partial charge < -0.3 is 23.5 Å². The molecule has 494 valence electrons. The molecule has 0 amide bonds. The second kappa shape index (κ2) is 22.4. The number of aromatic nitrogens is 2. The van der Waals surface area contributed by atoms with Crippen LogP contribution >= 0.6 is 11.8 Å². The molecule has 0 radical (unpaired) electrons. The molecule has 13 aromatic carbocycles. The molecule has 0 bridgehead atoms. The predicted octanol–water partition coefficient (Wildman–Crippen LogP) is 21.6. The SMILES string of the molecule is CC(C)(C)c1ccc2c(c1)c1cc(C(C)(C)C)ccc1n2-c1ccc2c(c1)Sc1cc(-c3cc4c5c(c3)Oc3ccccc3B5c3ccccc3O4)cc3c1B2c1ccc(-n2c4ccc(C(C)(C)C)cc4c4cc(C(C)(C)C)ccc42)cc1N3c1ccc(-c2ccccc2)cc1-c1ccccc1. The van der Waals surface area contributed by atoms with E-state index in [1.807, 2.05) is 11.8 Å². The number of anilines is 3. The lowest BCUT2D eigenvalue weighted by Gasteiger charge is -2.41. The second-order valence-electron chi connectivity index (χ2n) is 32.9. The van der Waals surface area contributed by atoms with Crippen molar-refractivity contribution in [2.45, 2.75) is 115 Å². The molecule has 2 aromatic heterocycles.